The van der Waals surface area contributed by atoms with Crippen LogP contribution in [0.15, 0.2) is 35.5 Å². The lowest BCUT2D eigenvalue weighted by Crippen LogP contribution is -2.00. The lowest BCUT2D eigenvalue weighted by Gasteiger charge is -2.14. The molecule has 0 aliphatic heterocycles. The maximum atomic E-state index is 6.13. The number of aromatic nitrogens is 2. The molecule has 5 heteroatoms. The predicted molar refractivity (Wildman–Crippen MR) is 79.4 cm³/mol. The molecule has 1 aromatic carbocycles. The Kier molecular flexibility index (Phi) is 4.66. The maximum absolute atomic E-state index is 6.13. The minimum absolute atomic E-state index is 0.199. The Morgan fingerprint density at radius 2 is 1.95 bits per heavy atom. The Morgan fingerprint density at radius 3 is 2.63 bits per heavy atom. The van der Waals surface area contributed by atoms with Crippen LogP contribution >= 0.6 is 23.4 Å². The van der Waals surface area contributed by atoms with Gasteiger partial charge in [0, 0.05) is 4.90 Å². The number of nitrogens with zero attached hydrogens (tertiary/aromatic N) is 2. The zero-order chi connectivity index (χ0) is 13.8. The van der Waals surface area contributed by atoms with Crippen molar-refractivity contribution in [3.63, 3.8) is 0 Å². The van der Waals surface area contributed by atoms with Gasteiger partial charge in [-0.2, -0.15) is 0 Å². The van der Waals surface area contributed by atoms with Crippen molar-refractivity contribution in [1.29, 1.82) is 0 Å². The van der Waals surface area contributed by atoms with Gasteiger partial charge in [0.15, 0.2) is 0 Å². The van der Waals surface area contributed by atoms with E-state index in [-0.39, 0.29) is 5.92 Å². The first-order valence-electron chi connectivity index (χ1n) is 5.94. The zero-order valence-electron chi connectivity index (χ0n) is 11.1. The quantitative estimate of drug-likeness (QED) is 0.601. The third-order valence-corrected chi connectivity index (χ3v) is 3.73. The molecule has 3 nitrogen and oxygen atoms in total. The molecule has 0 saturated heterocycles. The third kappa shape index (κ3) is 3.19. The second-order valence-electron chi connectivity index (χ2n) is 4.29. The SMILES string of the molecule is CSc1ccccc1Oc1ncnc(Cl)c1C(C)C. The summed E-state index contributed by atoms with van der Waals surface area (Å²) in [5, 5.41) is 0.446. The van der Waals surface area contributed by atoms with Crippen molar-refractivity contribution in [1.82, 2.24) is 9.97 Å². The summed E-state index contributed by atoms with van der Waals surface area (Å²) in [5.74, 6) is 1.51. The van der Waals surface area contributed by atoms with Crippen LogP contribution < -0.4 is 4.74 Å². The molecule has 100 valence electrons. The van der Waals surface area contributed by atoms with E-state index in [0.29, 0.717) is 11.0 Å². The normalized spacial score (nSPS) is 10.8. The average Bonchev–Trinajstić information content (AvgIpc) is 2.39. The Bertz CT molecular complexity index is 575. The molecule has 0 aliphatic carbocycles. The van der Waals surface area contributed by atoms with E-state index in [1.54, 1.807) is 11.8 Å². The van der Waals surface area contributed by atoms with Gasteiger partial charge in [-0.25, -0.2) is 9.97 Å². The van der Waals surface area contributed by atoms with Crippen LogP contribution in [0.3, 0.4) is 0 Å². The fraction of sp³-hybridized carbons (Fsp3) is 0.286. The molecule has 0 amide bonds. The second-order valence-corrected chi connectivity index (χ2v) is 5.50. The van der Waals surface area contributed by atoms with Crippen LogP contribution in [0.4, 0.5) is 0 Å². The van der Waals surface area contributed by atoms with Gasteiger partial charge in [-0.05, 0) is 24.3 Å². The van der Waals surface area contributed by atoms with Crippen LogP contribution in [0, 0.1) is 0 Å². The van der Waals surface area contributed by atoms with Crippen LogP contribution in [-0.2, 0) is 0 Å². The molecule has 1 heterocycles. The Labute approximate surface area is 122 Å². The van der Waals surface area contributed by atoms with Gasteiger partial charge in [-0.15, -0.1) is 11.8 Å². The largest absolute Gasteiger partial charge is 0.437 e. The second kappa shape index (κ2) is 6.26. The number of hydrogen-bond donors (Lipinski definition) is 0. The van der Waals surface area contributed by atoms with E-state index in [0.717, 1.165) is 16.2 Å². The average molecular weight is 295 g/mol. The first-order chi connectivity index (χ1) is 9.13. The monoisotopic (exact) mass is 294 g/mol. The summed E-state index contributed by atoms with van der Waals surface area (Å²) in [5.41, 5.74) is 0.833. The summed E-state index contributed by atoms with van der Waals surface area (Å²) >= 11 is 7.76. The van der Waals surface area contributed by atoms with E-state index in [9.17, 15) is 0 Å². The first kappa shape index (κ1) is 14.2. The zero-order valence-corrected chi connectivity index (χ0v) is 12.6. The van der Waals surface area contributed by atoms with E-state index >= 15 is 0 Å². The van der Waals surface area contributed by atoms with Crippen molar-refractivity contribution < 1.29 is 4.74 Å². The van der Waals surface area contributed by atoms with Gasteiger partial charge in [0.1, 0.15) is 17.2 Å². The maximum Gasteiger partial charge on any atom is 0.227 e. The number of benzene rings is 1. The number of rotatable bonds is 4. The summed E-state index contributed by atoms with van der Waals surface area (Å²) in [6.07, 6.45) is 3.43. The van der Waals surface area contributed by atoms with Gasteiger partial charge in [0.25, 0.3) is 0 Å². The molecule has 0 spiro atoms. The molecule has 2 rings (SSSR count). The molecule has 0 unspecified atom stereocenters. The number of thioether (sulfide) groups is 1. The molecule has 2 aromatic rings. The lowest BCUT2D eigenvalue weighted by atomic mass is 10.1. The minimum Gasteiger partial charge on any atom is -0.437 e. The lowest BCUT2D eigenvalue weighted by molar-refractivity contribution is 0.441. The summed E-state index contributed by atoms with van der Waals surface area (Å²) in [6, 6.07) is 7.85. The molecule has 0 saturated carbocycles. The standard InChI is InChI=1S/C14H15ClN2OS/c1-9(2)12-13(15)16-8-17-14(12)18-10-6-4-5-7-11(10)19-3/h4-9H,1-3H3. The number of halogens is 1. The fourth-order valence-corrected chi connectivity index (χ4v) is 2.60. The van der Waals surface area contributed by atoms with Gasteiger partial charge in [-0.1, -0.05) is 37.6 Å². The third-order valence-electron chi connectivity index (χ3n) is 2.65. The molecule has 0 radical (unpaired) electrons. The van der Waals surface area contributed by atoms with Crippen molar-refractivity contribution in [2.45, 2.75) is 24.7 Å². The van der Waals surface area contributed by atoms with Gasteiger partial charge < -0.3 is 4.74 Å². The van der Waals surface area contributed by atoms with Gasteiger partial charge >= 0.3 is 0 Å². The van der Waals surface area contributed by atoms with Gasteiger partial charge in [0.05, 0.1) is 5.56 Å². The highest BCUT2D eigenvalue weighted by molar-refractivity contribution is 7.98. The van der Waals surface area contributed by atoms with Crippen molar-refractivity contribution in [2.75, 3.05) is 6.26 Å². The van der Waals surface area contributed by atoms with E-state index < -0.39 is 0 Å². The minimum atomic E-state index is 0.199. The van der Waals surface area contributed by atoms with Crippen molar-refractivity contribution in [3.05, 3.63) is 41.3 Å². The molecule has 1 aromatic heterocycles. The number of para-hydroxylation sites is 1. The Morgan fingerprint density at radius 1 is 1.21 bits per heavy atom. The van der Waals surface area contributed by atoms with Crippen molar-refractivity contribution in [3.8, 4) is 11.6 Å². The molecule has 0 aliphatic rings. The van der Waals surface area contributed by atoms with Crippen LogP contribution in [0.2, 0.25) is 5.15 Å². The van der Waals surface area contributed by atoms with E-state index in [2.05, 4.69) is 9.97 Å². The van der Waals surface area contributed by atoms with Crippen LogP contribution in [-0.4, -0.2) is 16.2 Å². The molecular weight excluding hydrogens is 280 g/mol. The van der Waals surface area contributed by atoms with Gasteiger partial charge in [-0.3, -0.25) is 0 Å². The first-order valence-corrected chi connectivity index (χ1v) is 7.55. The molecule has 0 fully saturated rings. The highest BCUT2D eigenvalue weighted by Crippen LogP contribution is 2.35. The highest BCUT2D eigenvalue weighted by Gasteiger charge is 2.16. The van der Waals surface area contributed by atoms with Crippen LogP contribution in [0.5, 0.6) is 11.6 Å². The highest BCUT2D eigenvalue weighted by atomic mass is 35.5. The molecule has 0 bridgehead atoms. The Balaban J connectivity index is 2.41. The van der Waals surface area contributed by atoms with Crippen molar-refractivity contribution >= 4 is 23.4 Å². The number of ether oxygens (including phenoxy) is 1. The smallest absolute Gasteiger partial charge is 0.227 e. The van der Waals surface area contributed by atoms with Crippen LogP contribution in [0.25, 0.3) is 0 Å². The topological polar surface area (TPSA) is 35.0 Å². The summed E-state index contributed by atoms with van der Waals surface area (Å²) < 4.78 is 5.92. The molecule has 0 atom stereocenters. The van der Waals surface area contributed by atoms with Crippen LogP contribution in [0.1, 0.15) is 25.3 Å². The molecule has 0 N–H and O–H groups in total. The summed E-state index contributed by atoms with van der Waals surface area (Å²) in [4.78, 5) is 9.28. The fourth-order valence-electron chi connectivity index (χ4n) is 1.73. The van der Waals surface area contributed by atoms with Gasteiger partial charge in [0.2, 0.25) is 5.88 Å². The Hall–Kier alpha value is -1.26. The van der Waals surface area contributed by atoms with E-state index in [4.69, 9.17) is 16.3 Å². The van der Waals surface area contributed by atoms with E-state index in [1.807, 2.05) is 44.4 Å². The number of hydrogen-bond acceptors (Lipinski definition) is 4. The summed E-state index contributed by atoms with van der Waals surface area (Å²) in [7, 11) is 0. The van der Waals surface area contributed by atoms with Crippen molar-refractivity contribution in [2.24, 2.45) is 0 Å². The molecular formula is C14H15ClN2OS. The predicted octanol–water partition coefficient (Wildman–Crippen LogP) is 4.77. The van der Waals surface area contributed by atoms with E-state index in [1.165, 1.54) is 6.33 Å². The molecule has 19 heavy (non-hydrogen) atoms. The summed E-state index contributed by atoms with van der Waals surface area (Å²) in [6.45, 7) is 4.08.